The summed E-state index contributed by atoms with van der Waals surface area (Å²) in [6, 6.07) is 12.8. The Morgan fingerprint density at radius 2 is 1.33 bits per heavy atom. The van der Waals surface area contributed by atoms with E-state index in [0.29, 0.717) is 22.6 Å². The molecule has 8 heteroatoms. The van der Waals surface area contributed by atoms with Crippen molar-refractivity contribution in [2.24, 2.45) is 0 Å². The summed E-state index contributed by atoms with van der Waals surface area (Å²) in [5.41, 5.74) is 0.624. The lowest BCUT2D eigenvalue weighted by Crippen LogP contribution is -2.51. The van der Waals surface area contributed by atoms with E-state index in [2.05, 4.69) is 0 Å². The highest BCUT2D eigenvalue weighted by molar-refractivity contribution is 5.90. The number of hydrogen-bond acceptors (Lipinski definition) is 8. The number of carbonyl (C=O) groups excluding carboxylic acids is 2. The van der Waals surface area contributed by atoms with Gasteiger partial charge in [0.25, 0.3) is 0 Å². The molecule has 0 amide bonds. The molecular formula is C22H24O8. The third-order valence-corrected chi connectivity index (χ3v) is 4.79. The Morgan fingerprint density at radius 3 is 1.80 bits per heavy atom. The fourth-order valence-corrected chi connectivity index (χ4v) is 3.15. The topological polar surface area (TPSA) is 101 Å². The van der Waals surface area contributed by atoms with E-state index in [0.717, 1.165) is 0 Å². The number of hydrogen-bond donors (Lipinski definition) is 1. The first-order valence-electron chi connectivity index (χ1n) is 9.45. The van der Waals surface area contributed by atoms with E-state index in [1.54, 1.807) is 55.5 Å². The van der Waals surface area contributed by atoms with Crippen LogP contribution in [0.15, 0.2) is 48.5 Å². The molecule has 8 nitrogen and oxygen atoms in total. The first-order valence-corrected chi connectivity index (χ1v) is 9.45. The van der Waals surface area contributed by atoms with Crippen molar-refractivity contribution in [1.29, 1.82) is 0 Å². The van der Waals surface area contributed by atoms with Gasteiger partial charge in [0.1, 0.15) is 17.6 Å². The quantitative estimate of drug-likeness (QED) is 0.717. The molecule has 1 aliphatic heterocycles. The van der Waals surface area contributed by atoms with Gasteiger partial charge >= 0.3 is 11.9 Å². The second-order valence-corrected chi connectivity index (χ2v) is 6.80. The van der Waals surface area contributed by atoms with Gasteiger partial charge in [0, 0.05) is 6.42 Å². The van der Waals surface area contributed by atoms with Crippen LogP contribution >= 0.6 is 0 Å². The number of ether oxygens (including phenoxy) is 5. The number of esters is 2. The molecule has 0 radical (unpaired) electrons. The average molecular weight is 416 g/mol. The van der Waals surface area contributed by atoms with Crippen LogP contribution < -0.4 is 9.47 Å². The maximum atomic E-state index is 12.6. The summed E-state index contributed by atoms with van der Waals surface area (Å²) in [4.78, 5) is 25.1. The first kappa shape index (κ1) is 21.6. The van der Waals surface area contributed by atoms with E-state index >= 15 is 0 Å². The normalized spacial score (nSPS) is 23.3. The van der Waals surface area contributed by atoms with Crippen LogP contribution in [0.2, 0.25) is 0 Å². The van der Waals surface area contributed by atoms with E-state index < -0.39 is 36.5 Å². The highest BCUT2D eigenvalue weighted by Gasteiger charge is 2.41. The van der Waals surface area contributed by atoms with Crippen LogP contribution in [-0.2, 0) is 14.2 Å². The van der Waals surface area contributed by atoms with Gasteiger partial charge in [-0.2, -0.15) is 0 Å². The van der Waals surface area contributed by atoms with E-state index in [4.69, 9.17) is 23.7 Å². The molecule has 1 fully saturated rings. The maximum absolute atomic E-state index is 12.6. The molecule has 1 saturated heterocycles. The second kappa shape index (κ2) is 9.60. The van der Waals surface area contributed by atoms with Crippen LogP contribution in [0.4, 0.5) is 0 Å². The third-order valence-electron chi connectivity index (χ3n) is 4.79. The van der Waals surface area contributed by atoms with E-state index in [-0.39, 0.29) is 6.42 Å². The standard InChI is InChI=1S/C22H24O8/c1-13-20(30-22(25)15-6-10-17(27-3)11-7-15)18(12-19(23)28-13)29-21(24)14-4-8-16(26-2)9-5-14/h4-11,13,18-20,23H,12H2,1-3H3/t13-,18+,19+,20-/m1/s1. The van der Waals surface area contributed by atoms with Crippen LogP contribution in [0.3, 0.4) is 0 Å². The molecule has 0 bridgehead atoms. The van der Waals surface area contributed by atoms with Crippen LogP contribution in [-0.4, -0.2) is 55.9 Å². The molecule has 2 aromatic carbocycles. The summed E-state index contributed by atoms with van der Waals surface area (Å²) in [7, 11) is 3.06. The monoisotopic (exact) mass is 416 g/mol. The van der Waals surface area contributed by atoms with Crippen molar-refractivity contribution in [3.8, 4) is 11.5 Å². The zero-order valence-corrected chi connectivity index (χ0v) is 16.9. The number of aliphatic hydroxyl groups excluding tert-OH is 1. The Labute approximate surface area is 174 Å². The number of benzene rings is 2. The van der Waals surface area contributed by atoms with E-state index in [1.807, 2.05) is 0 Å². The van der Waals surface area contributed by atoms with Gasteiger partial charge in [-0.3, -0.25) is 0 Å². The molecule has 30 heavy (non-hydrogen) atoms. The lowest BCUT2D eigenvalue weighted by atomic mass is 10.0. The highest BCUT2D eigenvalue weighted by Crippen LogP contribution is 2.26. The Bertz CT molecular complexity index is 862. The second-order valence-electron chi connectivity index (χ2n) is 6.80. The molecule has 0 unspecified atom stereocenters. The lowest BCUT2D eigenvalue weighted by Gasteiger charge is -2.37. The van der Waals surface area contributed by atoms with Gasteiger partial charge in [0.2, 0.25) is 0 Å². The smallest absolute Gasteiger partial charge is 0.338 e. The summed E-state index contributed by atoms with van der Waals surface area (Å²) in [5, 5.41) is 9.94. The van der Waals surface area contributed by atoms with E-state index in [9.17, 15) is 14.7 Å². The van der Waals surface area contributed by atoms with Crippen LogP contribution in [0.5, 0.6) is 11.5 Å². The fraction of sp³-hybridized carbons (Fsp3) is 0.364. The Balaban J connectivity index is 1.72. The predicted molar refractivity (Wildman–Crippen MR) is 106 cm³/mol. The molecule has 160 valence electrons. The van der Waals surface area contributed by atoms with Gasteiger partial charge in [-0.15, -0.1) is 0 Å². The van der Waals surface area contributed by atoms with Crippen molar-refractivity contribution >= 4 is 11.9 Å². The molecule has 0 aliphatic carbocycles. The SMILES string of the molecule is COc1ccc(C(=O)O[C@H]2[C@@H](OC(=O)c3ccc(OC)cc3)C[C@@H](O)O[C@@H]2C)cc1. The molecule has 0 spiro atoms. The summed E-state index contributed by atoms with van der Waals surface area (Å²) in [6.07, 6.45) is -3.59. The van der Waals surface area contributed by atoms with Gasteiger partial charge in [-0.05, 0) is 55.5 Å². The van der Waals surface area contributed by atoms with Crippen molar-refractivity contribution in [2.45, 2.75) is 37.9 Å². The minimum Gasteiger partial charge on any atom is -0.497 e. The van der Waals surface area contributed by atoms with E-state index in [1.165, 1.54) is 14.2 Å². The summed E-state index contributed by atoms with van der Waals surface area (Å²) >= 11 is 0. The molecular weight excluding hydrogens is 392 g/mol. The fourth-order valence-electron chi connectivity index (χ4n) is 3.15. The number of methoxy groups -OCH3 is 2. The van der Waals surface area contributed by atoms with Crippen molar-refractivity contribution in [1.82, 2.24) is 0 Å². The van der Waals surface area contributed by atoms with Gasteiger partial charge in [-0.25, -0.2) is 9.59 Å². The largest absolute Gasteiger partial charge is 0.497 e. The number of rotatable bonds is 6. The molecule has 0 aromatic heterocycles. The highest BCUT2D eigenvalue weighted by atomic mass is 16.7. The molecule has 1 N–H and O–H groups in total. The van der Waals surface area contributed by atoms with Crippen molar-refractivity contribution in [3.05, 3.63) is 59.7 Å². The zero-order valence-electron chi connectivity index (χ0n) is 16.9. The lowest BCUT2D eigenvalue weighted by molar-refractivity contribution is -0.226. The summed E-state index contributed by atoms with van der Waals surface area (Å²) < 4.78 is 26.7. The summed E-state index contributed by atoms with van der Waals surface area (Å²) in [6.45, 7) is 1.64. The minimum atomic E-state index is -1.13. The average Bonchev–Trinajstić information content (AvgIpc) is 2.76. The zero-order chi connectivity index (χ0) is 21.7. The van der Waals surface area contributed by atoms with Crippen molar-refractivity contribution in [2.75, 3.05) is 14.2 Å². The Hall–Kier alpha value is -3.10. The van der Waals surface area contributed by atoms with Crippen LogP contribution in [0.1, 0.15) is 34.1 Å². The molecule has 3 rings (SSSR count). The molecule has 4 atom stereocenters. The number of carbonyl (C=O) groups is 2. The third kappa shape index (κ3) is 5.08. The van der Waals surface area contributed by atoms with Crippen molar-refractivity contribution in [3.63, 3.8) is 0 Å². The van der Waals surface area contributed by atoms with Crippen LogP contribution in [0, 0.1) is 0 Å². The molecule has 1 heterocycles. The number of aliphatic hydroxyl groups is 1. The molecule has 0 saturated carbocycles. The van der Waals surface area contributed by atoms with Gasteiger partial charge in [0.05, 0.1) is 31.5 Å². The predicted octanol–water partition coefficient (Wildman–Crippen LogP) is 2.58. The Morgan fingerprint density at radius 1 is 0.867 bits per heavy atom. The van der Waals surface area contributed by atoms with Gasteiger partial charge < -0.3 is 28.8 Å². The van der Waals surface area contributed by atoms with Gasteiger partial charge in [0.15, 0.2) is 12.4 Å². The first-order chi connectivity index (χ1) is 14.4. The van der Waals surface area contributed by atoms with Gasteiger partial charge in [-0.1, -0.05) is 0 Å². The molecule has 1 aliphatic rings. The van der Waals surface area contributed by atoms with Crippen molar-refractivity contribution < 1.29 is 38.4 Å². The van der Waals surface area contributed by atoms with Crippen LogP contribution in [0.25, 0.3) is 0 Å². The minimum absolute atomic E-state index is 0.0210. The maximum Gasteiger partial charge on any atom is 0.338 e. The molecule has 2 aromatic rings. The summed E-state index contributed by atoms with van der Waals surface area (Å²) in [5.74, 6) is 0.0118. The Kier molecular flexibility index (Phi) is 6.91.